The number of hydrogen-bond acceptors (Lipinski definition) is 3. The Kier molecular flexibility index (Phi) is 6.33. The molecule has 1 fully saturated rings. The van der Waals surface area contributed by atoms with Gasteiger partial charge in [-0.2, -0.15) is 13.2 Å². The number of benzene rings is 1. The van der Waals surface area contributed by atoms with Crippen molar-refractivity contribution in [2.24, 2.45) is 0 Å². The first-order valence-electron chi connectivity index (χ1n) is 7.65. The number of piperazine rings is 1. The highest BCUT2D eigenvalue weighted by Gasteiger charge is 2.31. The van der Waals surface area contributed by atoms with E-state index in [4.69, 9.17) is 4.74 Å². The maximum atomic E-state index is 12.3. The lowest BCUT2D eigenvalue weighted by Crippen LogP contribution is -2.49. The highest BCUT2D eigenvalue weighted by molar-refractivity contribution is 9.10. The first-order chi connectivity index (χ1) is 10.7. The highest BCUT2D eigenvalue weighted by Crippen LogP contribution is 2.26. The second kappa shape index (κ2) is 7.85. The van der Waals surface area contributed by atoms with E-state index in [1.807, 2.05) is 26.0 Å². The third-order valence-corrected chi connectivity index (χ3v) is 5.20. The quantitative estimate of drug-likeness (QED) is 0.758. The van der Waals surface area contributed by atoms with Gasteiger partial charge in [0.2, 0.25) is 0 Å². The second-order valence-corrected chi connectivity index (χ2v) is 6.75. The van der Waals surface area contributed by atoms with Crippen molar-refractivity contribution in [1.82, 2.24) is 9.80 Å². The van der Waals surface area contributed by atoms with Gasteiger partial charge in [-0.3, -0.25) is 9.80 Å². The Morgan fingerprint density at radius 3 is 2.09 bits per heavy atom. The molecule has 2 rings (SSSR count). The van der Waals surface area contributed by atoms with Crippen molar-refractivity contribution in [1.29, 1.82) is 0 Å². The van der Waals surface area contributed by atoms with Crippen LogP contribution in [0, 0.1) is 13.8 Å². The second-order valence-electron chi connectivity index (χ2n) is 5.95. The van der Waals surface area contributed by atoms with Crippen LogP contribution in [-0.4, -0.2) is 61.9 Å². The predicted molar refractivity (Wildman–Crippen MR) is 88.0 cm³/mol. The van der Waals surface area contributed by atoms with Crippen molar-refractivity contribution in [3.05, 3.63) is 27.7 Å². The molecule has 1 aliphatic rings. The first-order valence-corrected chi connectivity index (χ1v) is 8.45. The van der Waals surface area contributed by atoms with Crippen molar-refractivity contribution >= 4 is 15.9 Å². The van der Waals surface area contributed by atoms with Crippen molar-refractivity contribution in [3.8, 4) is 5.75 Å². The number of aryl methyl sites for hydroxylation is 2. The Balaban J connectivity index is 1.72. The van der Waals surface area contributed by atoms with Gasteiger partial charge in [0.25, 0.3) is 0 Å². The summed E-state index contributed by atoms with van der Waals surface area (Å²) >= 11 is 3.52. The molecule has 0 aliphatic carbocycles. The van der Waals surface area contributed by atoms with Crippen LogP contribution in [0.5, 0.6) is 5.75 Å². The lowest BCUT2D eigenvalue weighted by Gasteiger charge is -2.34. The minimum atomic E-state index is -4.11. The van der Waals surface area contributed by atoms with Gasteiger partial charge in [-0.15, -0.1) is 0 Å². The van der Waals surface area contributed by atoms with E-state index in [2.05, 4.69) is 20.8 Å². The summed E-state index contributed by atoms with van der Waals surface area (Å²) in [6.45, 7) is 6.71. The molecule has 1 aromatic rings. The lowest BCUT2D eigenvalue weighted by molar-refractivity contribution is -0.149. The Morgan fingerprint density at radius 2 is 1.57 bits per heavy atom. The van der Waals surface area contributed by atoms with Gasteiger partial charge in [-0.25, -0.2) is 0 Å². The normalized spacial score (nSPS) is 17.5. The summed E-state index contributed by atoms with van der Waals surface area (Å²) in [5.74, 6) is 0.832. The van der Waals surface area contributed by atoms with Crippen LogP contribution in [-0.2, 0) is 0 Å². The van der Waals surface area contributed by atoms with E-state index in [1.54, 1.807) is 0 Å². The molecular formula is C16H22BrF3N2O. The zero-order valence-electron chi connectivity index (χ0n) is 13.4. The molecule has 0 spiro atoms. The number of nitrogens with zero attached hydrogens (tertiary/aromatic N) is 2. The van der Waals surface area contributed by atoms with Crippen LogP contribution in [0.2, 0.25) is 0 Å². The summed E-state index contributed by atoms with van der Waals surface area (Å²) in [4.78, 5) is 3.60. The molecule has 1 aromatic carbocycles. The Morgan fingerprint density at radius 1 is 1.04 bits per heavy atom. The zero-order valence-corrected chi connectivity index (χ0v) is 15.0. The van der Waals surface area contributed by atoms with Gasteiger partial charge in [-0.05, 0) is 37.1 Å². The van der Waals surface area contributed by atoms with Crippen molar-refractivity contribution in [2.75, 3.05) is 45.9 Å². The molecule has 0 aromatic heterocycles. The molecule has 1 aliphatic heterocycles. The molecule has 0 N–H and O–H groups in total. The van der Waals surface area contributed by atoms with Crippen LogP contribution in [0.25, 0.3) is 0 Å². The number of alkyl halides is 3. The van der Waals surface area contributed by atoms with Crippen LogP contribution in [0.15, 0.2) is 16.6 Å². The number of halogens is 4. The largest absolute Gasteiger partial charge is 0.492 e. The van der Waals surface area contributed by atoms with Crippen LogP contribution in [0.4, 0.5) is 13.2 Å². The van der Waals surface area contributed by atoms with Crippen LogP contribution in [0.3, 0.4) is 0 Å². The average molecular weight is 395 g/mol. The van der Waals surface area contributed by atoms with Crippen molar-refractivity contribution in [2.45, 2.75) is 20.0 Å². The molecule has 0 unspecified atom stereocenters. The number of ether oxygens (including phenoxy) is 1. The molecule has 0 atom stereocenters. The minimum Gasteiger partial charge on any atom is -0.492 e. The molecule has 3 nitrogen and oxygen atoms in total. The maximum absolute atomic E-state index is 12.3. The summed E-state index contributed by atoms with van der Waals surface area (Å²) in [5.41, 5.74) is 2.25. The summed E-state index contributed by atoms with van der Waals surface area (Å²) < 4.78 is 43.9. The Bertz CT molecular complexity index is 506. The monoisotopic (exact) mass is 394 g/mol. The first kappa shape index (κ1) is 18.5. The lowest BCUT2D eigenvalue weighted by atomic mass is 10.1. The highest BCUT2D eigenvalue weighted by atomic mass is 79.9. The molecular weight excluding hydrogens is 373 g/mol. The van der Waals surface area contributed by atoms with E-state index in [-0.39, 0.29) is 0 Å². The fraction of sp³-hybridized carbons (Fsp3) is 0.625. The summed E-state index contributed by atoms with van der Waals surface area (Å²) in [6.07, 6.45) is -4.11. The Labute approximate surface area is 143 Å². The molecule has 1 heterocycles. The third-order valence-electron chi connectivity index (χ3n) is 3.95. The molecule has 0 saturated carbocycles. The standard InChI is InChI=1S/C16H22BrF3N2O/c1-12-9-14(10-13(2)15(12)17)23-8-7-21-3-5-22(6-4-21)11-16(18,19)20/h9-10H,3-8,11H2,1-2H3. The molecule has 7 heteroatoms. The van der Waals surface area contributed by atoms with Crippen molar-refractivity contribution in [3.63, 3.8) is 0 Å². The van der Waals surface area contributed by atoms with Gasteiger partial charge < -0.3 is 4.74 Å². The van der Waals surface area contributed by atoms with E-state index >= 15 is 0 Å². The minimum absolute atomic E-state index is 0.454. The van der Waals surface area contributed by atoms with Crippen LogP contribution < -0.4 is 4.74 Å². The molecule has 0 bridgehead atoms. The van der Waals surface area contributed by atoms with E-state index in [0.29, 0.717) is 32.8 Å². The topological polar surface area (TPSA) is 15.7 Å². The molecule has 23 heavy (non-hydrogen) atoms. The predicted octanol–water partition coefficient (Wildman–Crippen LogP) is 3.62. The van der Waals surface area contributed by atoms with E-state index in [1.165, 1.54) is 4.90 Å². The van der Waals surface area contributed by atoms with E-state index in [0.717, 1.165) is 27.9 Å². The van der Waals surface area contributed by atoms with Gasteiger partial charge in [0.05, 0.1) is 6.54 Å². The smallest absolute Gasteiger partial charge is 0.401 e. The van der Waals surface area contributed by atoms with E-state index in [9.17, 15) is 13.2 Å². The SMILES string of the molecule is Cc1cc(OCCN2CCN(CC(F)(F)F)CC2)cc(C)c1Br. The Hall–Kier alpha value is -0.790. The molecule has 0 amide bonds. The summed E-state index contributed by atoms with van der Waals surface area (Å²) in [7, 11) is 0. The number of rotatable bonds is 5. The summed E-state index contributed by atoms with van der Waals surface area (Å²) in [6, 6.07) is 3.97. The number of hydrogen-bond donors (Lipinski definition) is 0. The van der Waals surface area contributed by atoms with Gasteiger partial charge in [0.15, 0.2) is 0 Å². The molecule has 130 valence electrons. The van der Waals surface area contributed by atoms with Gasteiger partial charge in [0.1, 0.15) is 12.4 Å². The van der Waals surface area contributed by atoms with Gasteiger partial charge in [-0.1, -0.05) is 15.9 Å². The van der Waals surface area contributed by atoms with E-state index < -0.39 is 12.7 Å². The summed E-state index contributed by atoms with van der Waals surface area (Å²) in [5, 5.41) is 0. The fourth-order valence-electron chi connectivity index (χ4n) is 2.71. The average Bonchev–Trinajstić information content (AvgIpc) is 2.45. The van der Waals surface area contributed by atoms with Gasteiger partial charge in [0, 0.05) is 37.2 Å². The van der Waals surface area contributed by atoms with Gasteiger partial charge >= 0.3 is 6.18 Å². The van der Waals surface area contributed by atoms with Crippen molar-refractivity contribution < 1.29 is 17.9 Å². The third kappa shape index (κ3) is 5.97. The molecule has 1 saturated heterocycles. The fourth-order valence-corrected chi connectivity index (χ4v) is 2.94. The maximum Gasteiger partial charge on any atom is 0.401 e. The van der Waals surface area contributed by atoms with Crippen LogP contribution in [0.1, 0.15) is 11.1 Å². The van der Waals surface area contributed by atoms with Crippen LogP contribution >= 0.6 is 15.9 Å². The zero-order chi connectivity index (χ0) is 17.0. The molecule has 0 radical (unpaired) electrons.